The molecule has 11 nitrogen and oxygen atoms in total. The Balaban J connectivity index is 1.25. The normalized spacial score (nSPS) is 26.3. The zero-order valence-corrected chi connectivity index (χ0v) is 32.8. The van der Waals surface area contributed by atoms with Gasteiger partial charge in [0, 0.05) is 41.7 Å². The summed E-state index contributed by atoms with van der Waals surface area (Å²) < 4.78 is 18.7. The van der Waals surface area contributed by atoms with Gasteiger partial charge in [-0.2, -0.15) is 0 Å². The number of nitrogens with zero attached hydrogens (tertiary/aromatic N) is 1. The molecule has 3 aliphatic rings. The Morgan fingerprint density at radius 3 is 2.35 bits per heavy atom. The number of fused-ring (bicyclic) bond motifs is 1. The molecule has 3 aromatic carbocycles. The highest BCUT2D eigenvalue weighted by Crippen LogP contribution is 2.44. The average Bonchev–Trinajstić information content (AvgIpc) is 3.18. The number of benzene rings is 3. The number of aliphatic hydroxyl groups excluding tert-OH is 1. The van der Waals surface area contributed by atoms with Crippen LogP contribution in [0.5, 0.6) is 0 Å². The third-order valence-electron chi connectivity index (χ3n) is 11.3. The number of carbonyl (C=O) groups excluding carboxylic acids is 3. The maximum atomic E-state index is 13.9. The van der Waals surface area contributed by atoms with Crippen molar-refractivity contribution in [3.05, 3.63) is 101 Å². The number of ether oxygens (including phenoxy) is 3. The first-order chi connectivity index (χ1) is 26.4. The summed E-state index contributed by atoms with van der Waals surface area (Å²) >= 11 is 0. The van der Waals surface area contributed by atoms with Crippen molar-refractivity contribution < 1.29 is 33.7 Å². The first-order valence-corrected chi connectivity index (χ1v) is 19.8. The molecule has 2 heterocycles. The molecule has 1 saturated carbocycles. The molecule has 8 atom stereocenters. The van der Waals surface area contributed by atoms with E-state index in [9.17, 15) is 19.5 Å². The van der Waals surface area contributed by atoms with Gasteiger partial charge in [-0.15, -0.1) is 0 Å². The number of piperidine rings is 1. The van der Waals surface area contributed by atoms with Crippen LogP contribution < -0.4 is 16.0 Å². The highest BCUT2D eigenvalue weighted by Gasteiger charge is 2.46. The summed E-state index contributed by atoms with van der Waals surface area (Å²) in [4.78, 5) is 42.2. The standard InChI is InChI=1S/C44H58N4O7/c1-28-38(26-48-36-17-10-9-14-31(36)22-23-37(48)40(50)47-44(2,3)4)54-42(55-39(28)32-20-18-30(27-49)19-21-32)33-15-11-16-34(25-33)45-43(52)46-35(41(51)53-5)24-29-12-7-6-8-13-29/h6-8,11-13,15-16,18-21,25,28,31,35-39,42,49H,9-10,14,17,22-24,26-27H2,1-5H3,(H,47,50)(H2,45,46,52)/t28-,31+,35-,36+,37+,38+,39+,42+/m0/s1. The molecule has 1 aliphatic carbocycles. The molecule has 0 unspecified atom stereocenters. The van der Waals surface area contributed by atoms with E-state index in [1.54, 1.807) is 6.07 Å². The highest BCUT2D eigenvalue weighted by molar-refractivity contribution is 5.92. The third kappa shape index (κ3) is 10.3. The third-order valence-corrected chi connectivity index (χ3v) is 11.3. The van der Waals surface area contributed by atoms with E-state index in [4.69, 9.17) is 14.2 Å². The number of nitrogens with one attached hydrogen (secondary N) is 3. The fraction of sp³-hybridized carbons (Fsp3) is 0.523. The molecule has 3 aromatic rings. The van der Waals surface area contributed by atoms with Crippen LogP contribution in [0.15, 0.2) is 78.9 Å². The monoisotopic (exact) mass is 754 g/mol. The molecule has 2 saturated heterocycles. The number of hydrogen-bond donors (Lipinski definition) is 4. The van der Waals surface area contributed by atoms with E-state index in [2.05, 4.69) is 27.8 Å². The Hall–Kier alpha value is -4.29. The molecule has 3 fully saturated rings. The number of methoxy groups -OCH3 is 1. The second-order valence-corrected chi connectivity index (χ2v) is 16.5. The SMILES string of the molecule is COC(=O)[C@H](Cc1ccccc1)NC(=O)Nc1cccc([C@@H]2O[C@H](CN3[C@@H](C(=O)NC(C)(C)C)CC[C@H]4CCCC[C@H]43)[C@H](C)[C@H](c3ccc(CO)cc3)O2)c1. The number of esters is 1. The molecule has 0 radical (unpaired) electrons. The average molecular weight is 755 g/mol. The Bertz CT molecular complexity index is 1750. The molecule has 0 spiro atoms. The number of hydrogen-bond acceptors (Lipinski definition) is 8. The lowest BCUT2D eigenvalue weighted by atomic mass is 9.75. The maximum Gasteiger partial charge on any atom is 0.328 e. The van der Waals surface area contributed by atoms with Crippen molar-refractivity contribution in [1.82, 2.24) is 15.5 Å². The lowest BCUT2D eigenvalue weighted by Gasteiger charge is -2.51. The number of aliphatic hydroxyl groups is 1. The summed E-state index contributed by atoms with van der Waals surface area (Å²) in [6, 6.07) is 23.2. The molecule has 0 aromatic heterocycles. The van der Waals surface area contributed by atoms with E-state index in [1.807, 2.05) is 93.6 Å². The Kier molecular flexibility index (Phi) is 13.3. The second kappa shape index (κ2) is 18.1. The molecule has 0 bridgehead atoms. The number of amides is 3. The molecule has 2 aliphatic heterocycles. The Morgan fingerprint density at radius 1 is 0.891 bits per heavy atom. The number of carbonyl (C=O) groups is 3. The smallest absolute Gasteiger partial charge is 0.328 e. The van der Waals surface area contributed by atoms with Crippen LogP contribution in [0.4, 0.5) is 10.5 Å². The number of rotatable bonds is 11. The van der Waals surface area contributed by atoms with Gasteiger partial charge in [0.05, 0.1) is 32.0 Å². The van der Waals surface area contributed by atoms with Gasteiger partial charge in [0.2, 0.25) is 5.91 Å². The molecular formula is C44H58N4O7. The predicted octanol–water partition coefficient (Wildman–Crippen LogP) is 6.81. The van der Waals surface area contributed by atoms with Crippen LogP contribution in [-0.4, -0.2) is 71.3 Å². The maximum absolute atomic E-state index is 13.9. The summed E-state index contributed by atoms with van der Waals surface area (Å²) in [5, 5.41) is 18.6. The lowest BCUT2D eigenvalue weighted by molar-refractivity contribution is -0.278. The van der Waals surface area contributed by atoms with E-state index in [1.165, 1.54) is 20.0 Å². The molecule has 4 N–H and O–H groups in total. The second-order valence-electron chi connectivity index (χ2n) is 16.5. The van der Waals surface area contributed by atoms with Gasteiger partial charge in [-0.3, -0.25) is 9.69 Å². The summed E-state index contributed by atoms with van der Waals surface area (Å²) in [5.41, 5.74) is 3.56. The van der Waals surface area contributed by atoms with Crippen molar-refractivity contribution in [1.29, 1.82) is 0 Å². The minimum Gasteiger partial charge on any atom is -0.467 e. The van der Waals surface area contributed by atoms with Crippen molar-refractivity contribution in [3.8, 4) is 0 Å². The minimum absolute atomic E-state index is 0.0503. The van der Waals surface area contributed by atoms with Crippen LogP contribution in [-0.2, 0) is 36.8 Å². The van der Waals surface area contributed by atoms with Crippen molar-refractivity contribution in [2.75, 3.05) is 19.0 Å². The number of anilines is 1. The van der Waals surface area contributed by atoms with Crippen molar-refractivity contribution in [2.45, 2.75) is 121 Å². The van der Waals surface area contributed by atoms with Gasteiger partial charge >= 0.3 is 12.0 Å². The summed E-state index contributed by atoms with van der Waals surface area (Å²) in [7, 11) is 1.30. The van der Waals surface area contributed by atoms with Gasteiger partial charge in [-0.1, -0.05) is 86.5 Å². The number of urea groups is 1. The van der Waals surface area contributed by atoms with Crippen molar-refractivity contribution in [2.24, 2.45) is 11.8 Å². The van der Waals surface area contributed by atoms with Crippen LogP contribution in [0.2, 0.25) is 0 Å². The van der Waals surface area contributed by atoms with Crippen LogP contribution in [0.25, 0.3) is 0 Å². The summed E-state index contributed by atoms with van der Waals surface area (Å²) in [6.45, 7) is 8.75. The quantitative estimate of drug-likeness (QED) is 0.157. The Morgan fingerprint density at radius 2 is 1.64 bits per heavy atom. The van der Waals surface area contributed by atoms with E-state index >= 15 is 0 Å². The highest BCUT2D eigenvalue weighted by atomic mass is 16.7. The first-order valence-electron chi connectivity index (χ1n) is 19.8. The predicted molar refractivity (Wildman–Crippen MR) is 211 cm³/mol. The van der Waals surface area contributed by atoms with Crippen LogP contribution in [0.3, 0.4) is 0 Å². The topological polar surface area (TPSA) is 138 Å². The molecular weight excluding hydrogens is 697 g/mol. The molecule has 6 rings (SSSR count). The zero-order valence-electron chi connectivity index (χ0n) is 32.8. The van der Waals surface area contributed by atoms with Crippen LogP contribution >= 0.6 is 0 Å². The van der Waals surface area contributed by atoms with Gasteiger partial charge < -0.3 is 35.3 Å². The van der Waals surface area contributed by atoms with Gasteiger partial charge in [-0.25, -0.2) is 9.59 Å². The summed E-state index contributed by atoms with van der Waals surface area (Å²) in [5.74, 6) is 0.0135. The molecule has 55 heavy (non-hydrogen) atoms. The first kappa shape index (κ1) is 40.4. The van der Waals surface area contributed by atoms with E-state index in [-0.39, 0.29) is 48.6 Å². The van der Waals surface area contributed by atoms with E-state index in [0.717, 1.165) is 47.9 Å². The lowest BCUT2D eigenvalue weighted by Crippen LogP contribution is -2.61. The van der Waals surface area contributed by atoms with Gasteiger partial charge in [0.1, 0.15) is 6.04 Å². The van der Waals surface area contributed by atoms with Crippen molar-refractivity contribution >= 4 is 23.6 Å². The van der Waals surface area contributed by atoms with E-state index in [0.29, 0.717) is 24.2 Å². The van der Waals surface area contributed by atoms with Crippen molar-refractivity contribution in [3.63, 3.8) is 0 Å². The molecule has 3 amide bonds. The largest absolute Gasteiger partial charge is 0.467 e. The van der Waals surface area contributed by atoms with E-state index < -0.39 is 24.3 Å². The number of likely N-dealkylation sites (tertiary alicyclic amines) is 1. The fourth-order valence-corrected chi connectivity index (χ4v) is 8.54. The van der Waals surface area contributed by atoms with Gasteiger partial charge in [-0.05, 0) is 81.2 Å². The van der Waals surface area contributed by atoms with Gasteiger partial charge in [0.25, 0.3) is 0 Å². The van der Waals surface area contributed by atoms with Crippen LogP contribution in [0, 0.1) is 11.8 Å². The van der Waals surface area contributed by atoms with Crippen LogP contribution in [0.1, 0.15) is 101 Å². The fourth-order valence-electron chi connectivity index (χ4n) is 8.54. The van der Waals surface area contributed by atoms with Gasteiger partial charge in [0.15, 0.2) is 6.29 Å². The minimum atomic E-state index is -0.881. The summed E-state index contributed by atoms with van der Waals surface area (Å²) in [6.07, 6.45) is 5.36. The molecule has 296 valence electrons. The molecule has 11 heteroatoms. The zero-order chi connectivity index (χ0) is 39.1. The Labute approximate surface area is 325 Å².